The standard InChI is InChI=1S/C71H131NO10/c1-3-5-7-9-11-13-14-39-43-47-51-55-59-67(76)80-60-56-52-48-44-40-37-35-33-31-29-27-25-23-21-19-17-15-16-18-20-22-24-26-28-30-32-34-36-38-42-46-50-54-58-66(75)72-63(64(74)57-53-49-45-41-12-10-8-6-4-2)62-81-71-70(79)69(78)68(77)65(61-73)82-71/h11,13,19,21,25,27,53,57,63-65,68-71,73-74,77-79H,3-10,12,14-18,20,22-24,26,28-52,54-56,58-62H2,1-2H3,(H,72,75)/b13-11-,21-19-,27-25-,57-53+. The van der Waals surface area contributed by atoms with Crippen LogP contribution in [0.4, 0.5) is 0 Å². The van der Waals surface area contributed by atoms with E-state index < -0.39 is 49.5 Å². The van der Waals surface area contributed by atoms with Gasteiger partial charge in [-0.3, -0.25) is 9.59 Å². The lowest BCUT2D eigenvalue weighted by atomic mass is 9.99. The molecule has 0 spiro atoms. The molecule has 6 N–H and O–H groups in total. The third-order valence-corrected chi connectivity index (χ3v) is 16.4. The SMILES string of the molecule is CCCCC/C=C\CCCCCCCC(=O)OCCCCCCCCCCC/C=C\C/C=C\CCCCCCCCCCCCCCCCCCCC(=O)NC(COC1OC(CO)C(O)C(O)C1O)C(O)/C=C/CCCCCCCCC. The number of unbranched alkanes of at least 4 members (excludes halogenated alkanes) is 41. The fourth-order valence-electron chi connectivity index (χ4n) is 10.9. The maximum atomic E-state index is 13.0. The Morgan fingerprint density at radius 3 is 1.27 bits per heavy atom. The maximum absolute atomic E-state index is 13.0. The molecular weight excluding hydrogens is 1030 g/mol. The second-order valence-corrected chi connectivity index (χ2v) is 24.2. The number of carbonyl (C=O) groups excluding carboxylic acids is 2. The first-order chi connectivity index (χ1) is 40.2. The van der Waals surface area contributed by atoms with Crippen molar-refractivity contribution in [1.82, 2.24) is 5.32 Å². The molecule has 480 valence electrons. The average Bonchev–Trinajstić information content (AvgIpc) is 3.68. The van der Waals surface area contributed by atoms with E-state index in [4.69, 9.17) is 14.2 Å². The molecule has 0 aromatic rings. The number of ether oxygens (including phenoxy) is 3. The van der Waals surface area contributed by atoms with Crippen LogP contribution in [-0.2, 0) is 23.8 Å². The molecular formula is C71H131NO10. The lowest BCUT2D eigenvalue weighted by Gasteiger charge is -2.40. The predicted molar refractivity (Wildman–Crippen MR) is 343 cm³/mol. The molecule has 11 heteroatoms. The Kier molecular flexibility index (Phi) is 57.1. The molecule has 0 aliphatic carbocycles. The molecule has 1 saturated heterocycles. The Bertz CT molecular complexity index is 1500. The molecule has 11 nitrogen and oxygen atoms in total. The molecule has 7 unspecified atom stereocenters. The fraction of sp³-hybridized carbons (Fsp3) is 0.859. The highest BCUT2D eigenvalue weighted by molar-refractivity contribution is 5.76. The van der Waals surface area contributed by atoms with E-state index in [0.29, 0.717) is 19.4 Å². The molecule has 1 amide bonds. The number of rotatable bonds is 61. The molecule has 7 atom stereocenters. The van der Waals surface area contributed by atoms with Crippen molar-refractivity contribution >= 4 is 11.9 Å². The molecule has 0 aromatic heterocycles. The van der Waals surface area contributed by atoms with Gasteiger partial charge in [0.15, 0.2) is 6.29 Å². The molecule has 1 fully saturated rings. The summed E-state index contributed by atoms with van der Waals surface area (Å²) in [7, 11) is 0. The summed E-state index contributed by atoms with van der Waals surface area (Å²) in [6.45, 7) is 4.31. The van der Waals surface area contributed by atoms with Crippen molar-refractivity contribution in [3.63, 3.8) is 0 Å². The van der Waals surface area contributed by atoms with Crippen LogP contribution < -0.4 is 5.32 Å². The maximum Gasteiger partial charge on any atom is 0.305 e. The van der Waals surface area contributed by atoms with Crippen molar-refractivity contribution in [2.75, 3.05) is 19.8 Å². The van der Waals surface area contributed by atoms with Gasteiger partial charge in [-0.1, -0.05) is 274 Å². The predicted octanol–water partition coefficient (Wildman–Crippen LogP) is 17.6. The number of hydrogen-bond donors (Lipinski definition) is 6. The Morgan fingerprint density at radius 2 is 0.817 bits per heavy atom. The van der Waals surface area contributed by atoms with Gasteiger partial charge in [-0.15, -0.1) is 0 Å². The van der Waals surface area contributed by atoms with Crippen LogP contribution in [0.1, 0.15) is 328 Å². The summed E-state index contributed by atoms with van der Waals surface area (Å²) >= 11 is 0. The van der Waals surface area contributed by atoms with Gasteiger partial charge >= 0.3 is 5.97 Å². The van der Waals surface area contributed by atoms with Crippen molar-refractivity contribution < 1.29 is 49.3 Å². The first-order valence-corrected chi connectivity index (χ1v) is 34.9. The number of nitrogens with one attached hydrogen (secondary N) is 1. The van der Waals surface area contributed by atoms with Gasteiger partial charge in [0, 0.05) is 12.8 Å². The topological polar surface area (TPSA) is 175 Å². The van der Waals surface area contributed by atoms with Crippen molar-refractivity contribution in [3.8, 4) is 0 Å². The van der Waals surface area contributed by atoms with Crippen molar-refractivity contribution in [2.24, 2.45) is 0 Å². The van der Waals surface area contributed by atoms with Gasteiger partial charge in [0.25, 0.3) is 0 Å². The second kappa shape index (κ2) is 60.3. The normalized spacial score (nSPS) is 18.5. The van der Waals surface area contributed by atoms with Crippen molar-refractivity contribution in [1.29, 1.82) is 0 Å². The van der Waals surface area contributed by atoms with Gasteiger partial charge in [-0.2, -0.15) is 0 Å². The summed E-state index contributed by atoms with van der Waals surface area (Å²) in [4.78, 5) is 25.0. The smallest absolute Gasteiger partial charge is 0.305 e. The lowest BCUT2D eigenvalue weighted by molar-refractivity contribution is -0.302. The van der Waals surface area contributed by atoms with E-state index in [0.717, 1.165) is 64.2 Å². The molecule has 0 radical (unpaired) electrons. The van der Waals surface area contributed by atoms with E-state index in [-0.39, 0.29) is 18.5 Å². The van der Waals surface area contributed by atoms with Gasteiger partial charge in [0.2, 0.25) is 5.91 Å². The minimum absolute atomic E-state index is 0.00341. The van der Waals surface area contributed by atoms with Gasteiger partial charge in [0.05, 0.1) is 32.0 Å². The summed E-state index contributed by atoms with van der Waals surface area (Å²) in [6, 6.07) is -0.807. The zero-order valence-electron chi connectivity index (χ0n) is 53.2. The van der Waals surface area contributed by atoms with E-state index in [1.54, 1.807) is 6.08 Å². The van der Waals surface area contributed by atoms with Crippen LogP contribution in [0, 0.1) is 0 Å². The largest absolute Gasteiger partial charge is 0.466 e. The van der Waals surface area contributed by atoms with Crippen molar-refractivity contribution in [3.05, 3.63) is 48.6 Å². The second-order valence-electron chi connectivity index (χ2n) is 24.2. The molecule has 1 aliphatic rings. The third kappa shape index (κ3) is 48.8. The summed E-state index contributed by atoms with van der Waals surface area (Å²) in [5, 5.41) is 54.3. The number of allylic oxidation sites excluding steroid dienone is 7. The number of amides is 1. The van der Waals surface area contributed by atoms with Crippen LogP contribution in [0.25, 0.3) is 0 Å². The van der Waals surface area contributed by atoms with E-state index in [1.165, 1.54) is 238 Å². The Balaban J connectivity index is 1.93. The van der Waals surface area contributed by atoms with Crippen LogP contribution in [0.15, 0.2) is 48.6 Å². The molecule has 1 rings (SSSR count). The lowest BCUT2D eigenvalue weighted by Crippen LogP contribution is -2.60. The number of esters is 1. The first kappa shape index (κ1) is 77.6. The van der Waals surface area contributed by atoms with Gasteiger partial charge in [-0.05, 0) is 89.9 Å². The Labute approximate surface area is 504 Å². The molecule has 0 aromatic carbocycles. The van der Waals surface area contributed by atoms with E-state index in [1.807, 2.05) is 6.08 Å². The number of hydrogen-bond acceptors (Lipinski definition) is 10. The van der Waals surface area contributed by atoms with Gasteiger partial charge in [-0.25, -0.2) is 0 Å². The average molecular weight is 1160 g/mol. The summed E-state index contributed by atoms with van der Waals surface area (Å²) in [5.41, 5.74) is 0. The zero-order valence-corrected chi connectivity index (χ0v) is 53.2. The summed E-state index contributed by atoms with van der Waals surface area (Å²) in [5.74, 6) is -0.185. The highest BCUT2D eigenvalue weighted by Crippen LogP contribution is 2.23. The van der Waals surface area contributed by atoms with E-state index in [9.17, 15) is 35.1 Å². The van der Waals surface area contributed by atoms with Gasteiger partial charge < -0.3 is 45.1 Å². The minimum atomic E-state index is -1.57. The highest BCUT2D eigenvalue weighted by Gasteiger charge is 2.44. The van der Waals surface area contributed by atoms with Crippen LogP contribution in [0.2, 0.25) is 0 Å². The number of aliphatic hydroxyl groups is 5. The summed E-state index contributed by atoms with van der Waals surface area (Å²) in [6.07, 6.45) is 68.3. The number of aliphatic hydroxyl groups excluding tert-OH is 5. The molecule has 1 aliphatic heterocycles. The van der Waals surface area contributed by atoms with Crippen LogP contribution in [-0.4, -0.2) is 100 Å². The van der Waals surface area contributed by atoms with Crippen LogP contribution >= 0.6 is 0 Å². The molecule has 0 bridgehead atoms. The van der Waals surface area contributed by atoms with Gasteiger partial charge in [0.1, 0.15) is 24.4 Å². The molecule has 82 heavy (non-hydrogen) atoms. The van der Waals surface area contributed by atoms with E-state index in [2.05, 4.69) is 55.6 Å². The quantitative estimate of drug-likeness (QED) is 0.0195. The zero-order chi connectivity index (χ0) is 59.5. The Hall–Kier alpha value is -2.38. The highest BCUT2D eigenvalue weighted by atomic mass is 16.7. The third-order valence-electron chi connectivity index (χ3n) is 16.4. The number of carbonyl (C=O) groups is 2. The van der Waals surface area contributed by atoms with Crippen LogP contribution in [0.5, 0.6) is 0 Å². The summed E-state index contributed by atoms with van der Waals surface area (Å²) < 4.78 is 16.7. The van der Waals surface area contributed by atoms with E-state index >= 15 is 0 Å². The monoisotopic (exact) mass is 1160 g/mol. The first-order valence-electron chi connectivity index (χ1n) is 34.9. The molecule has 1 heterocycles. The van der Waals surface area contributed by atoms with Crippen molar-refractivity contribution in [2.45, 2.75) is 371 Å². The molecule has 0 saturated carbocycles. The Morgan fingerprint density at radius 1 is 0.451 bits per heavy atom. The van der Waals surface area contributed by atoms with Crippen LogP contribution in [0.3, 0.4) is 0 Å². The minimum Gasteiger partial charge on any atom is -0.466 e. The fourth-order valence-corrected chi connectivity index (χ4v) is 10.9.